The van der Waals surface area contributed by atoms with Crippen molar-refractivity contribution in [1.29, 1.82) is 0 Å². The van der Waals surface area contributed by atoms with Crippen molar-refractivity contribution in [2.24, 2.45) is 0 Å². The number of imidazole rings is 1. The summed E-state index contributed by atoms with van der Waals surface area (Å²) in [7, 11) is 2.94. The number of ether oxygens (including phenoxy) is 4. The molecule has 0 aliphatic carbocycles. The fourth-order valence-corrected chi connectivity index (χ4v) is 4.99. The number of methoxy groups -OCH3 is 2. The number of rotatable bonds is 11. The molecule has 0 unspecified atom stereocenters. The lowest BCUT2D eigenvalue weighted by Crippen LogP contribution is -2.27. The van der Waals surface area contributed by atoms with E-state index in [0.717, 1.165) is 11.1 Å². The van der Waals surface area contributed by atoms with E-state index in [9.17, 15) is 9.59 Å². The molecular formula is C36H37FN4O6. The number of benzene rings is 3. The van der Waals surface area contributed by atoms with Crippen LogP contribution in [0.1, 0.15) is 48.1 Å². The number of esters is 1. The van der Waals surface area contributed by atoms with E-state index in [1.165, 1.54) is 13.2 Å². The Hall–Kier alpha value is -5.29. The van der Waals surface area contributed by atoms with Crippen LogP contribution in [0.4, 0.5) is 14.9 Å². The lowest BCUT2D eigenvalue weighted by atomic mass is 10.1. The highest BCUT2D eigenvalue weighted by atomic mass is 19.1. The van der Waals surface area contributed by atoms with Crippen LogP contribution in [-0.2, 0) is 33.8 Å². The van der Waals surface area contributed by atoms with Gasteiger partial charge in [0.2, 0.25) is 5.88 Å². The fourth-order valence-electron chi connectivity index (χ4n) is 4.99. The predicted octanol–water partition coefficient (Wildman–Crippen LogP) is 7.19. The Morgan fingerprint density at radius 3 is 2.47 bits per heavy atom. The average molecular weight is 641 g/mol. The Balaban J connectivity index is 1.32. The van der Waals surface area contributed by atoms with Gasteiger partial charge < -0.3 is 23.5 Å². The molecule has 0 saturated carbocycles. The zero-order chi connectivity index (χ0) is 33.6. The zero-order valence-corrected chi connectivity index (χ0v) is 27.0. The summed E-state index contributed by atoms with van der Waals surface area (Å²) < 4.78 is 39.0. The number of halogens is 1. The highest BCUT2D eigenvalue weighted by Gasteiger charge is 2.18. The van der Waals surface area contributed by atoms with Gasteiger partial charge in [0.1, 0.15) is 23.8 Å². The van der Waals surface area contributed by atoms with Gasteiger partial charge in [0, 0.05) is 37.3 Å². The van der Waals surface area contributed by atoms with E-state index in [-0.39, 0.29) is 13.0 Å². The minimum atomic E-state index is -0.629. The summed E-state index contributed by atoms with van der Waals surface area (Å²) in [5, 5.41) is 2.77. The quantitative estimate of drug-likeness (QED) is 0.151. The second-order valence-corrected chi connectivity index (χ2v) is 11.8. The Kier molecular flexibility index (Phi) is 10.2. The molecule has 1 N–H and O–H groups in total. The summed E-state index contributed by atoms with van der Waals surface area (Å²) in [5.74, 6) is 0.133. The summed E-state index contributed by atoms with van der Waals surface area (Å²) >= 11 is 0. The molecule has 0 spiro atoms. The lowest BCUT2D eigenvalue weighted by molar-refractivity contribution is 0.0598. The largest absolute Gasteiger partial charge is 0.473 e. The fraction of sp³-hybridized carbons (Fsp3) is 0.278. The number of aromatic nitrogens is 3. The van der Waals surface area contributed by atoms with Crippen LogP contribution in [0.5, 0.6) is 5.88 Å². The molecular weight excluding hydrogens is 603 g/mol. The first-order valence-electron chi connectivity index (χ1n) is 15.1. The van der Waals surface area contributed by atoms with Crippen LogP contribution in [0.15, 0.2) is 78.9 Å². The standard InChI is InChI=1S/C36H37FN4O6/c1-36(2,3)47-35(43)40-29-10-7-6-9-26(29)22-46-33-12-8-11-28(39-33)24-14-13-23(27(37)19-24)21-32-38-30-16-15-25(34(42)45-5)20-31(30)41(32)17-18-44-4/h6-16,19-20H,17-18,21-22H2,1-5H3,(H,40,43). The highest BCUT2D eigenvalue weighted by Crippen LogP contribution is 2.26. The number of hydrogen-bond acceptors (Lipinski definition) is 8. The number of fused-ring (bicyclic) bond motifs is 1. The van der Waals surface area contributed by atoms with Gasteiger partial charge in [-0.15, -0.1) is 0 Å². The zero-order valence-electron chi connectivity index (χ0n) is 27.0. The van der Waals surface area contributed by atoms with Gasteiger partial charge in [-0.25, -0.2) is 23.9 Å². The third-order valence-corrected chi connectivity index (χ3v) is 7.22. The van der Waals surface area contributed by atoms with E-state index in [2.05, 4.69) is 10.3 Å². The Morgan fingerprint density at radius 2 is 1.72 bits per heavy atom. The van der Waals surface area contributed by atoms with Crippen molar-refractivity contribution < 1.29 is 32.9 Å². The third kappa shape index (κ3) is 8.30. The van der Waals surface area contributed by atoms with Crippen molar-refractivity contribution in [2.75, 3.05) is 26.1 Å². The number of para-hydroxylation sites is 1. The first-order chi connectivity index (χ1) is 22.5. The van der Waals surface area contributed by atoms with E-state index in [1.807, 2.05) is 28.8 Å². The highest BCUT2D eigenvalue weighted by molar-refractivity contribution is 5.93. The van der Waals surface area contributed by atoms with Crippen molar-refractivity contribution in [2.45, 2.75) is 45.9 Å². The van der Waals surface area contributed by atoms with Crippen LogP contribution in [0.25, 0.3) is 22.3 Å². The number of amides is 1. The van der Waals surface area contributed by atoms with E-state index in [4.69, 9.17) is 23.9 Å². The average Bonchev–Trinajstić information content (AvgIpc) is 3.39. The molecule has 244 valence electrons. The lowest BCUT2D eigenvalue weighted by Gasteiger charge is -2.20. The number of pyridine rings is 1. The van der Waals surface area contributed by atoms with E-state index in [0.29, 0.717) is 58.4 Å². The van der Waals surface area contributed by atoms with Gasteiger partial charge >= 0.3 is 12.1 Å². The Bertz CT molecular complexity index is 1900. The van der Waals surface area contributed by atoms with E-state index < -0.39 is 23.5 Å². The van der Waals surface area contributed by atoms with Gasteiger partial charge in [0.15, 0.2) is 0 Å². The minimum Gasteiger partial charge on any atom is -0.473 e. The van der Waals surface area contributed by atoms with Gasteiger partial charge in [-0.2, -0.15) is 0 Å². The van der Waals surface area contributed by atoms with Crippen LogP contribution >= 0.6 is 0 Å². The molecule has 0 bridgehead atoms. The molecule has 5 aromatic rings. The molecule has 47 heavy (non-hydrogen) atoms. The minimum absolute atomic E-state index is 0.140. The van der Waals surface area contributed by atoms with Crippen LogP contribution in [0.3, 0.4) is 0 Å². The number of nitrogens with zero attached hydrogens (tertiary/aromatic N) is 3. The molecule has 0 fully saturated rings. The van der Waals surface area contributed by atoms with Crippen molar-refractivity contribution in [3.05, 3.63) is 107 Å². The number of anilines is 1. The van der Waals surface area contributed by atoms with Crippen molar-refractivity contribution in [3.63, 3.8) is 0 Å². The number of carbonyl (C=O) groups is 2. The molecule has 3 aromatic carbocycles. The van der Waals surface area contributed by atoms with Gasteiger partial charge in [0.05, 0.1) is 41.7 Å². The SMILES string of the molecule is COCCn1c(Cc2ccc(-c3cccc(OCc4ccccc4NC(=O)OC(C)(C)C)n3)cc2F)nc2ccc(C(=O)OC)cc21. The normalized spacial score (nSPS) is 11.4. The van der Waals surface area contributed by atoms with Crippen molar-refractivity contribution >= 4 is 28.8 Å². The molecule has 0 aliphatic rings. The van der Waals surface area contributed by atoms with Crippen molar-refractivity contribution in [3.8, 4) is 17.1 Å². The topological polar surface area (TPSA) is 114 Å². The Labute approximate surface area is 272 Å². The van der Waals surface area contributed by atoms with Crippen LogP contribution in [0, 0.1) is 5.82 Å². The molecule has 0 saturated heterocycles. The second-order valence-electron chi connectivity index (χ2n) is 11.8. The predicted molar refractivity (Wildman–Crippen MR) is 176 cm³/mol. The third-order valence-electron chi connectivity index (χ3n) is 7.22. The summed E-state index contributed by atoms with van der Waals surface area (Å²) in [4.78, 5) is 33.8. The number of carbonyl (C=O) groups excluding carboxylic acids is 2. The van der Waals surface area contributed by atoms with E-state index >= 15 is 4.39 Å². The molecule has 2 aromatic heterocycles. The maximum absolute atomic E-state index is 15.6. The van der Waals surface area contributed by atoms with Gasteiger partial charge in [-0.05, 0) is 62.7 Å². The summed E-state index contributed by atoms with van der Waals surface area (Å²) in [6, 6.07) is 22.7. The molecule has 0 atom stereocenters. The second kappa shape index (κ2) is 14.4. The molecule has 0 radical (unpaired) electrons. The maximum atomic E-state index is 15.6. The van der Waals surface area contributed by atoms with Gasteiger partial charge in [0.25, 0.3) is 0 Å². The summed E-state index contributed by atoms with van der Waals surface area (Å²) in [5.41, 5.74) is 4.07. The van der Waals surface area contributed by atoms with Crippen LogP contribution < -0.4 is 10.1 Å². The molecule has 2 heterocycles. The molecule has 11 heteroatoms. The molecule has 5 rings (SSSR count). The maximum Gasteiger partial charge on any atom is 0.412 e. The van der Waals surface area contributed by atoms with Crippen LogP contribution in [-0.4, -0.2) is 53.0 Å². The Morgan fingerprint density at radius 1 is 0.915 bits per heavy atom. The first-order valence-corrected chi connectivity index (χ1v) is 15.1. The molecule has 0 aliphatic heterocycles. The van der Waals surface area contributed by atoms with E-state index in [1.54, 1.807) is 76.4 Å². The van der Waals surface area contributed by atoms with Crippen molar-refractivity contribution in [1.82, 2.24) is 14.5 Å². The smallest absolute Gasteiger partial charge is 0.412 e. The number of nitrogens with one attached hydrogen (secondary N) is 1. The van der Waals surface area contributed by atoms with Gasteiger partial charge in [-0.1, -0.05) is 36.4 Å². The number of hydrogen-bond donors (Lipinski definition) is 1. The first kappa shape index (κ1) is 33.1. The molecule has 1 amide bonds. The van der Waals surface area contributed by atoms with Crippen LogP contribution in [0.2, 0.25) is 0 Å². The van der Waals surface area contributed by atoms with Gasteiger partial charge in [-0.3, -0.25) is 5.32 Å². The monoisotopic (exact) mass is 640 g/mol. The molecule has 10 nitrogen and oxygen atoms in total. The summed E-state index contributed by atoms with van der Waals surface area (Å²) in [6.45, 7) is 6.42. The summed E-state index contributed by atoms with van der Waals surface area (Å²) in [6.07, 6.45) is -0.332.